The van der Waals surface area contributed by atoms with Crippen LogP contribution in [-0.2, 0) is 10.3 Å². The van der Waals surface area contributed by atoms with Crippen LogP contribution in [0.1, 0.15) is 50.4 Å². The number of thioether (sulfide) groups is 1. The summed E-state index contributed by atoms with van der Waals surface area (Å²) in [4.78, 5) is 17.8. The van der Waals surface area contributed by atoms with Crippen LogP contribution in [0.25, 0.3) is 0 Å². The fourth-order valence-electron chi connectivity index (χ4n) is 2.76. The minimum Gasteiger partial charge on any atom is -0.337 e. The Bertz CT molecular complexity index is 484. The number of aromatic nitrogens is 2. The number of hydrogen-bond donors (Lipinski definition) is 1. The second kappa shape index (κ2) is 4.79. The lowest BCUT2D eigenvalue weighted by molar-refractivity contribution is -0.129. The van der Waals surface area contributed by atoms with Gasteiger partial charge < -0.3 is 15.2 Å². The van der Waals surface area contributed by atoms with Crippen molar-refractivity contribution in [3.05, 3.63) is 11.7 Å². The van der Waals surface area contributed by atoms with Crippen LogP contribution < -0.4 is 5.73 Å². The van der Waals surface area contributed by atoms with Gasteiger partial charge in [-0.25, -0.2) is 0 Å². The van der Waals surface area contributed by atoms with Gasteiger partial charge in [-0.15, -0.1) is 11.8 Å². The van der Waals surface area contributed by atoms with Gasteiger partial charge in [-0.1, -0.05) is 18.0 Å². The van der Waals surface area contributed by atoms with E-state index in [1.54, 1.807) is 23.6 Å². The molecule has 6 nitrogen and oxygen atoms in total. The minimum absolute atomic E-state index is 0.0399. The third-order valence-electron chi connectivity index (χ3n) is 3.95. The van der Waals surface area contributed by atoms with Crippen molar-refractivity contribution >= 4 is 17.7 Å². The lowest BCUT2D eigenvalue weighted by Crippen LogP contribution is -2.34. The predicted molar refractivity (Wildman–Crippen MR) is 71.2 cm³/mol. The molecule has 0 radical (unpaired) electrons. The quantitative estimate of drug-likeness (QED) is 0.882. The first kappa shape index (κ1) is 12.9. The highest BCUT2D eigenvalue weighted by Gasteiger charge is 2.38. The molecule has 19 heavy (non-hydrogen) atoms. The Kier molecular flexibility index (Phi) is 3.26. The first-order valence-corrected chi connectivity index (χ1v) is 7.73. The second-order valence-electron chi connectivity index (χ2n) is 5.32. The first-order chi connectivity index (χ1) is 9.10. The monoisotopic (exact) mass is 282 g/mol. The lowest BCUT2D eigenvalue weighted by atomic mass is 9.99. The standard InChI is InChI=1S/C12H18N4O2S/c1-8(17)16-7-19-6-9(16)10-14-11(15-18-10)12(13)4-2-3-5-12/h9H,2-7,13H2,1H3. The van der Waals surface area contributed by atoms with Crippen LogP contribution in [0.15, 0.2) is 4.52 Å². The van der Waals surface area contributed by atoms with Gasteiger partial charge in [0.25, 0.3) is 0 Å². The molecule has 2 heterocycles. The van der Waals surface area contributed by atoms with Crippen LogP contribution in [0.5, 0.6) is 0 Å². The molecule has 104 valence electrons. The van der Waals surface area contributed by atoms with Gasteiger partial charge in [-0.05, 0) is 12.8 Å². The smallest absolute Gasteiger partial charge is 0.250 e. The predicted octanol–water partition coefficient (Wildman–Crippen LogP) is 1.39. The van der Waals surface area contributed by atoms with Crippen molar-refractivity contribution in [3.8, 4) is 0 Å². The number of nitrogens with zero attached hydrogens (tertiary/aromatic N) is 3. The molecule has 1 aromatic heterocycles. The second-order valence-corrected chi connectivity index (χ2v) is 6.32. The van der Waals surface area contributed by atoms with E-state index >= 15 is 0 Å². The molecule has 1 aliphatic carbocycles. The van der Waals surface area contributed by atoms with Crippen molar-refractivity contribution in [2.45, 2.75) is 44.2 Å². The Morgan fingerprint density at radius 1 is 1.53 bits per heavy atom. The summed E-state index contributed by atoms with van der Waals surface area (Å²) in [6, 6.07) is -0.103. The molecule has 1 saturated heterocycles. The van der Waals surface area contributed by atoms with Crippen molar-refractivity contribution in [1.29, 1.82) is 0 Å². The number of carbonyl (C=O) groups excluding carboxylic acids is 1. The van der Waals surface area contributed by atoms with Crippen molar-refractivity contribution in [1.82, 2.24) is 15.0 Å². The van der Waals surface area contributed by atoms with Crippen molar-refractivity contribution in [2.75, 3.05) is 11.6 Å². The maximum absolute atomic E-state index is 11.6. The summed E-state index contributed by atoms with van der Waals surface area (Å²) >= 11 is 1.70. The van der Waals surface area contributed by atoms with Gasteiger partial charge in [0.2, 0.25) is 11.8 Å². The Balaban J connectivity index is 1.83. The molecular weight excluding hydrogens is 264 g/mol. The van der Waals surface area contributed by atoms with Crippen LogP contribution >= 0.6 is 11.8 Å². The summed E-state index contributed by atoms with van der Waals surface area (Å²) in [7, 11) is 0. The molecule has 3 rings (SSSR count). The maximum Gasteiger partial charge on any atom is 0.250 e. The van der Waals surface area contributed by atoms with E-state index in [0.717, 1.165) is 31.4 Å². The molecule has 1 atom stereocenters. The largest absolute Gasteiger partial charge is 0.337 e. The van der Waals surface area contributed by atoms with Gasteiger partial charge >= 0.3 is 0 Å². The molecule has 1 aromatic rings. The zero-order valence-electron chi connectivity index (χ0n) is 11.0. The summed E-state index contributed by atoms with van der Waals surface area (Å²) in [6.07, 6.45) is 4.03. The summed E-state index contributed by atoms with van der Waals surface area (Å²) in [6.45, 7) is 1.57. The highest BCUT2D eigenvalue weighted by molar-refractivity contribution is 7.99. The van der Waals surface area contributed by atoms with E-state index in [1.165, 1.54) is 0 Å². The molecule has 1 aliphatic heterocycles. The van der Waals surface area contributed by atoms with Crippen LogP contribution in [0.4, 0.5) is 0 Å². The highest BCUT2D eigenvalue weighted by Crippen LogP contribution is 2.37. The number of nitrogens with two attached hydrogens (primary N) is 1. The van der Waals surface area contributed by atoms with E-state index in [4.69, 9.17) is 10.3 Å². The molecule has 1 saturated carbocycles. The molecule has 2 aliphatic rings. The summed E-state index contributed by atoms with van der Waals surface area (Å²) in [5.41, 5.74) is 5.88. The SMILES string of the molecule is CC(=O)N1CSCC1c1nc(C2(N)CCCC2)no1. The molecule has 2 N–H and O–H groups in total. The van der Waals surface area contributed by atoms with Crippen LogP contribution in [0.3, 0.4) is 0 Å². The summed E-state index contributed by atoms with van der Waals surface area (Å²) in [5, 5.41) is 4.05. The number of carbonyl (C=O) groups is 1. The summed E-state index contributed by atoms with van der Waals surface area (Å²) < 4.78 is 5.36. The average Bonchev–Trinajstić information content (AvgIpc) is 3.08. The molecule has 0 bridgehead atoms. The molecular formula is C12H18N4O2S. The topological polar surface area (TPSA) is 85.2 Å². The van der Waals surface area contributed by atoms with Gasteiger partial charge in [0, 0.05) is 12.7 Å². The summed E-state index contributed by atoms with van der Waals surface area (Å²) in [5.74, 6) is 2.65. The first-order valence-electron chi connectivity index (χ1n) is 6.58. The number of hydrogen-bond acceptors (Lipinski definition) is 6. The molecule has 1 amide bonds. The van der Waals surface area contributed by atoms with Crippen molar-refractivity contribution in [2.24, 2.45) is 5.73 Å². The Labute approximate surface area is 116 Å². The Hall–Kier alpha value is -1.08. The zero-order valence-corrected chi connectivity index (χ0v) is 11.8. The normalized spacial score (nSPS) is 26.0. The van der Waals surface area contributed by atoms with E-state index in [0.29, 0.717) is 17.6 Å². The van der Waals surface area contributed by atoms with Crippen molar-refractivity contribution < 1.29 is 9.32 Å². The van der Waals surface area contributed by atoms with E-state index in [2.05, 4.69) is 10.1 Å². The van der Waals surface area contributed by atoms with Gasteiger partial charge in [-0.2, -0.15) is 4.98 Å². The maximum atomic E-state index is 11.6. The van der Waals surface area contributed by atoms with E-state index in [1.807, 2.05) is 0 Å². The molecule has 1 unspecified atom stereocenters. The third kappa shape index (κ3) is 2.25. The van der Waals surface area contributed by atoms with Crippen LogP contribution in [0, 0.1) is 0 Å². The van der Waals surface area contributed by atoms with E-state index in [9.17, 15) is 4.79 Å². The zero-order chi connectivity index (χ0) is 13.5. The molecule has 0 spiro atoms. The fourth-order valence-corrected chi connectivity index (χ4v) is 3.97. The van der Waals surface area contributed by atoms with Gasteiger partial charge in [0.05, 0.1) is 11.4 Å². The fraction of sp³-hybridized carbons (Fsp3) is 0.750. The van der Waals surface area contributed by atoms with Crippen LogP contribution in [0.2, 0.25) is 0 Å². The van der Waals surface area contributed by atoms with E-state index in [-0.39, 0.29) is 11.9 Å². The van der Waals surface area contributed by atoms with Gasteiger partial charge in [-0.3, -0.25) is 4.79 Å². The van der Waals surface area contributed by atoms with Crippen LogP contribution in [-0.4, -0.2) is 32.6 Å². The highest BCUT2D eigenvalue weighted by atomic mass is 32.2. The van der Waals surface area contributed by atoms with Gasteiger partial charge in [0.15, 0.2) is 5.82 Å². The minimum atomic E-state index is -0.436. The molecule has 2 fully saturated rings. The molecule has 0 aromatic carbocycles. The van der Waals surface area contributed by atoms with Crippen molar-refractivity contribution in [3.63, 3.8) is 0 Å². The third-order valence-corrected chi connectivity index (χ3v) is 4.97. The van der Waals surface area contributed by atoms with E-state index < -0.39 is 5.54 Å². The molecule has 7 heteroatoms. The Morgan fingerprint density at radius 3 is 2.95 bits per heavy atom. The number of amides is 1. The Morgan fingerprint density at radius 2 is 2.26 bits per heavy atom. The lowest BCUT2D eigenvalue weighted by Gasteiger charge is -2.19. The van der Waals surface area contributed by atoms with Gasteiger partial charge in [0.1, 0.15) is 6.04 Å². The average molecular weight is 282 g/mol. The number of rotatable bonds is 2.